The molecular weight excluding hydrogens is 145 g/mol. The number of rotatable bonds is 3. The number of carbonyl (C=O) groups is 1. The molecule has 0 aromatic rings. The molecule has 5 heteroatoms. The van der Waals surface area contributed by atoms with Crippen LogP contribution in [-0.4, -0.2) is 43.1 Å². The van der Waals surface area contributed by atoms with Crippen molar-refractivity contribution in [1.82, 2.24) is 0 Å². The number of thiocarbonyl (C=S) groups is 1. The summed E-state index contributed by atoms with van der Waals surface area (Å²) in [6.45, 7) is 2.10. The van der Waals surface area contributed by atoms with Crippen LogP contribution in [0.15, 0.2) is 4.99 Å². The van der Waals surface area contributed by atoms with Crippen LogP contribution in [0.3, 0.4) is 0 Å². The van der Waals surface area contributed by atoms with E-state index in [9.17, 15) is 4.79 Å². The predicted molar refractivity (Wildman–Crippen MR) is 42.3 cm³/mol. The Labute approximate surface area is 77.0 Å². The summed E-state index contributed by atoms with van der Waals surface area (Å²) in [5.41, 5.74) is 0. The predicted octanol–water partition coefficient (Wildman–Crippen LogP) is 0.271. The third-order valence-electron chi connectivity index (χ3n) is 0.578. The molecule has 0 N–H and O–H groups in total. The molecule has 0 aliphatic rings. The summed E-state index contributed by atoms with van der Waals surface area (Å²) < 4.78 is 4.52. The van der Waals surface area contributed by atoms with E-state index in [0.717, 1.165) is 0 Å². The van der Waals surface area contributed by atoms with Gasteiger partial charge in [-0.1, -0.05) is 0 Å². The molecule has 0 aromatic heterocycles. The van der Waals surface area contributed by atoms with Gasteiger partial charge < -0.3 is 4.74 Å². The minimum absolute atomic E-state index is 0. The van der Waals surface area contributed by atoms with Crippen LogP contribution in [0.4, 0.5) is 0 Å². The van der Waals surface area contributed by atoms with Gasteiger partial charge in [0.1, 0.15) is 6.54 Å². The Morgan fingerprint density at radius 1 is 1.80 bits per heavy atom. The van der Waals surface area contributed by atoms with Crippen molar-refractivity contribution in [1.29, 1.82) is 0 Å². The minimum atomic E-state index is -0.366. The van der Waals surface area contributed by atoms with Gasteiger partial charge in [0.05, 0.1) is 11.8 Å². The van der Waals surface area contributed by atoms with Crippen molar-refractivity contribution >= 4 is 42.2 Å². The molecular formula is C5H7LiNO2S. The van der Waals surface area contributed by atoms with E-state index in [4.69, 9.17) is 0 Å². The van der Waals surface area contributed by atoms with Gasteiger partial charge in [0.25, 0.3) is 0 Å². The number of isothiocyanates is 1. The number of nitrogens with zero attached hydrogens (tertiary/aromatic N) is 1. The molecule has 0 rings (SSSR count). The van der Waals surface area contributed by atoms with Crippen molar-refractivity contribution in [2.75, 3.05) is 13.2 Å². The zero-order chi connectivity index (χ0) is 7.11. The van der Waals surface area contributed by atoms with Crippen LogP contribution >= 0.6 is 12.2 Å². The second kappa shape index (κ2) is 8.87. The summed E-state index contributed by atoms with van der Waals surface area (Å²) in [4.78, 5) is 13.8. The molecule has 0 aliphatic heterocycles. The van der Waals surface area contributed by atoms with Gasteiger partial charge in [-0.2, -0.15) is 0 Å². The first-order valence-corrected chi connectivity index (χ1v) is 2.91. The van der Waals surface area contributed by atoms with E-state index in [1.807, 2.05) is 0 Å². The molecule has 51 valence electrons. The summed E-state index contributed by atoms with van der Waals surface area (Å²) >= 11 is 4.23. The monoisotopic (exact) mass is 152 g/mol. The fourth-order valence-electron chi connectivity index (χ4n) is 0.303. The van der Waals surface area contributed by atoms with Crippen molar-refractivity contribution in [3.63, 3.8) is 0 Å². The SMILES string of the molecule is CCOC(=O)CN=C=S.[Li]. The molecule has 0 amide bonds. The number of aliphatic imine (C=N–C) groups is 1. The summed E-state index contributed by atoms with van der Waals surface area (Å²) in [6, 6.07) is 0. The summed E-state index contributed by atoms with van der Waals surface area (Å²) in [5, 5.41) is 2.06. The second-order valence-electron chi connectivity index (χ2n) is 1.21. The Morgan fingerprint density at radius 3 is 2.80 bits per heavy atom. The van der Waals surface area contributed by atoms with Gasteiger partial charge in [0, 0.05) is 18.9 Å². The first kappa shape index (κ1) is 12.5. The minimum Gasteiger partial charge on any atom is -0.465 e. The molecule has 0 aromatic carbocycles. The number of hydrogen-bond acceptors (Lipinski definition) is 4. The molecule has 0 aliphatic carbocycles. The average molecular weight is 152 g/mol. The normalized spacial score (nSPS) is 6.90. The zero-order valence-corrected chi connectivity index (χ0v) is 6.90. The van der Waals surface area contributed by atoms with Crippen molar-refractivity contribution in [2.24, 2.45) is 4.99 Å². The van der Waals surface area contributed by atoms with Gasteiger partial charge in [0.15, 0.2) is 0 Å². The third kappa shape index (κ3) is 7.87. The number of ether oxygens (including phenoxy) is 1. The molecule has 0 heterocycles. The van der Waals surface area contributed by atoms with Crippen molar-refractivity contribution in [2.45, 2.75) is 6.92 Å². The Kier molecular flexibility index (Phi) is 11.1. The van der Waals surface area contributed by atoms with Gasteiger partial charge in [0.2, 0.25) is 0 Å². The standard InChI is InChI=1S/C5H7NO2S.Li/c1-2-8-5(7)3-6-4-9;/h2-3H2,1H3;. The van der Waals surface area contributed by atoms with Gasteiger partial charge in [-0.15, -0.1) is 0 Å². The summed E-state index contributed by atoms with van der Waals surface area (Å²) in [6.07, 6.45) is 0. The topological polar surface area (TPSA) is 38.7 Å². The van der Waals surface area contributed by atoms with Crippen LogP contribution in [-0.2, 0) is 9.53 Å². The molecule has 0 fully saturated rings. The number of carbonyl (C=O) groups excluding carboxylic acids is 1. The molecule has 0 saturated carbocycles. The van der Waals surface area contributed by atoms with E-state index in [1.54, 1.807) is 6.92 Å². The number of esters is 1. The quantitative estimate of drug-likeness (QED) is 0.252. The van der Waals surface area contributed by atoms with E-state index >= 15 is 0 Å². The number of hydrogen-bond donors (Lipinski definition) is 0. The second-order valence-corrected chi connectivity index (χ2v) is 1.40. The molecule has 1 radical (unpaired) electrons. The van der Waals surface area contributed by atoms with Crippen molar-refractivity contribution in [3.05, 3.63) is 0 Å². The first-order chi connectivity index (χ1) is 4.31. The Morgan fingerprint density at radius 2 is 2.40 bits per heavy atom. The maximum absolute atomic E-state index is 10.4. The van der Waals surface area contributed by atoms with Crippen LogP contribution in [0.1, 0.15) is 6.92 Å². The van der Waals surface area contributed by atoms with E-state index < -0.39 is 0 Å². The smallest absolute Gasteiger partial charge is 0.328 e. The van der Waals surface area contributed by atoms with Gasteiger partial charge in [-0.25, -0.2) is 4.99 Å². The maximum Gasteiger partial charge on any atom is 0.328 e. The van der Waals surface area contributed by atoms with E-state index in [1.165, 1.54) is 0 Å². The van der Waals surface area contributed by atoms with Crippen LogP contribution < -0.4 is 0 Å². The Balaban J connectivity index is 0. The first-order valence-electron chi connectivity index (χ1n) is 2.50. The molecule has 3 nitrogen and oxygen atoms in total. The molecule has 0 spiro atoms. The van der Waals surface area contributed by atoms with E-state index in [2.05, 4.69) is 27.1 Å². The largest absolute Gasteiger partial charge is 0.465 e. The molecule has 0 bridgehead atoms. The van der Waals surface area contributed by atoms with E-state index in [0.29, 0.717) is 6.61 Å². The molecule has 0 atom stereocenters. The van der Waals surface area contributed by atoms with Crippen LogP contribution in [0, 0.1) is 0 Å². The molecule has 10 heavy (non-hydrogen) atoms. The Hall–Kier alpha value is -0.133. The fourth-order valence-corrected chi connectivity index (χ4v) is 0.368. The van der Waals surface area contributed by atoms with Gasteiger partial charge >= 0.3 is 5.97 Å². The summed E-state index contributed by atoms with van der Waals surface area (Å²) in [5.74, 6) is -0.366. The van der Waals surface area contributed by atoms with Gasteiger partial charge in [-0.3, -0.25) is 4.79 Å². The Bertz CT molecular complexity index is 145. The van der Waals surface area contributed by atoms with Crippen LogP contribution in [0.25, 0.3) is 0 Å². The van der Waals surface area contributed by atoms with Crippen LogP contribution in [0.5, 0.6) is 0 Å². The van der Waals surface area contributed by atoms with Crippen LogP contribution in [0.2, 0.25) is 0 Å². The summed E-state index contributed by atoms with van der Waals surface area (Å²) in [7, 11) is 0. The van der Waals surface area contributed by atoms with E-state index in [-0.39, 0.29) is 31.4 Å². The maximum atomic E-state index is 10.4. The van der Waals surface area contributed by atoms with Gasteiger partial charge in [-0.05, 0) is 19.1 Å². The molecule has 0 unspecified atom stereocenters. The third-order valence-corrected chi connectivity index (χ3v) is 0.707. The van der Waals surface area contributed by atoms with Crippen molar-refractivity contribution in [3.8, 4) is 0 Å². The molecule has 0 saturated heterocycles. The van der Waals surface area contributed by atoms with Crippen molar-refractivity contribution < 1.29 is 9.53 Å². The average Bonchev–Trinajstić information content (AvgIpc) is 1.85. The fraction of sp³-hybridized carbons (Fsp3) is 0.600. The zero-order valence-electron chi connectivity index (χ0n) is 6.09.